The maximum absolute atomic E-state index is 13.1. The molecule has 0 spiro atoms. The number of nitro groups is 2. The van der Waals surface area contributed by atoms with Crippen LogP contribution in [0.25, 0.3) is 10.2 Å². The van der Waals surface area contributed by atoms with E-state index in [2.05, 4.69) is 15.4 Å². The van der Waals surface area contributed by atoms with Crippen molar-refractivity contribution >= 4 is 50.6 Å². The van der Waals surface area contributed by atoms with Gasteiger partial charge in [0.2, 0.25) is 5.91 Å². The molecule has 168 valence electrons. The second-order valence-electron chi connectivity index (χ2n) is 6.49. The quantitative estimate of drug-likeness (QED) is 0.390. The molecule has 13 nitrogen and oxygen atoms in total. The Morgan fingerprint density at radius 2 is 1.94 bits per heavy atom. The van der Waals surface area contributed by atoms with Gasteiger partial charge in [-0.1, -0.05) is 0 Å². The number of nitrogens with two attached hydrogens (primary N) is 1. The van der Waals surface area contributed by atoms with Crippen LogP contribution >= 0.6 is 11.3 Å². The van der Waals surface area contributed by atoms with Gasteiger partial charge in [-0.2, -0.15) is 4.68 Å². The van der Waals surface area contributed by atoms with Gasteiger partial charge in [0, 0.05) is 5.39 Å². The normalized spacial score (nSPS) is 11.2. The average Bonchev–Trinajstić information content (AvgIpc) is 3.20. The number of halogens is 2. The monoisotopic (exact) mass is 469 g/mol. The number of alkyl halides is 2. The summed E-state index contributed by atoms with van der Waals surface area (Å²) in [5.74, 6) is -2.82. The molecule has 3 heterocycles. The molecule has 0 aromatic carbocycles. The first-order valence-electron chi connectivity index (χ1n) is 8.60. The number of hydrogen-bond acceptors (Lipinski definition) is 9. The van der Waals surface area contributed by atoms with Crippen LogP contribution < -0.4 is 11.1 Å². The highest BCUT2D eigenvalue weighted by atomic mass is 32.1. The smallest absolute Gasteiger partial charge is 0.365 e. The summed E-state index contributed by atoms with van der Waals surface area (Å²) in [6, 6.07) is 1.10. The maximum Gasteiger partial charge on any atom is 0.468 e. The summed E-state index contributed by atoms with van der Waals surface area (Å²) in [7, 11) is 0. The van der Waals surface area contributed by atoms with Gasteiger partial charge >= 0.3 is 11.5 Å². The van der Waals surface area contributed by atoms with E-state index in [-0.39, 0.29) is 26.5 Å². The van der Waals surface area contributed by atoms with Crippen LogP contribution in [0.4, 0.5) is 26.0 Å². The van der Waals surface area contributed by atoms with Crippen molar-refractivity contribution < 1.29 is 28.2 Å². The molecular formula is C16H13F2N7O6S. The van der Waals surface area contributed by atoms with Crippen LogP contribution in [0.1, 0.15) is 33.0 Å². The van der Waals surface area contributed by atoms with Crippen molar-refractivity contribution in [2.45, 2.75) is 26.8 Å². The molecule has 0 aliphatic carbocycles. The van der Waals surface area contributed by atoms with Crippen LogP contribution in [-0.4, -0.2) is 36.4 Å². The van der Waals surface area contributed by atoms with Gasteiger partial charge in [-0.25, -0.2) is 13.8 Å². The van der Waals surface area contributed by atoms with Gasteiger partial charge in [0.25, 0.3) is 12.3 Å². The highest BCUT2D eigenvalue weighted by Gasteiger charge is 2.36. The first-order valence-corrected chi connectivity index (χ1v) is 9.42. The molecule has 0 unspecified atom stereocenters. The fraction of sp³-hybridized carbons (Fsp3) is 0.250. The summed E-state index contributed by atoms with van der Waals surface area (Å²) in [6.45, 7) is 1.99. The lowest BCUT2D eigenvalue weighted by molar-refractivity contribution is -0.424. The summed E-state index contributed by atoms with van der Waals surface area (Å²) in [5, 5.41) is 28.3. The van der Waals surface area contributed by atoms with Crippen molar-refractivity contribution in [1.82, 2.24) is 14.8 Å². The molecule has 0 atom stereocenters. The van der Waals surface area contributed by atoms with Gasteiger partial charge in [-0.3, -0.25) is 19.7 Å². The third-order valence-corrected chi connectivity index (χ3v) is 5.50. The van der Waals surface area contributed by atoms with Crippen LogP contribution in [0.2, 0.25) is 0 Å². The Morgan fingerprint density at radius 1 is 1.28 bits per heavy atom. The molecule has 0 aliphatic heterocycles. The second kappa shape index (κ2) is 8.22. The van der Waals surface area contributed by atoms with Crippen molar-refractivity contribution in [2.75, 3.05) is 5.32 Å². The number of rotatable bonds is 7. The summed E-state index contributed by atoms with van der Waals surface area (Å²) < 4.78 is 26.9. The molecule has 0 bridgehead atoms. The first-order chi connectivity index (χ1) is 14.9. The third-order valence-electron chi connectivity index (χ3n) is 4.40. The van der Waals surface area contributed by atoms with Gasteiger partial charge < -0.3 is 21.2 Å². The number of carbonyl (C=O) groups is 2. The molecule has 3 N–H and O–H groups in total. The van der Waals surface area contributed by atoms with E-state index < -0.39 is 51.8 Å². The van der Waals surface area contributed by atoms with E-state index in [0.29, 0.717) is 16.9 Å². The minimum absolute atomic E-state index is 0.0472. The fourth-order valence-electron chi connectivity index (χ4n) is 3.04. The van der Waals surface area contributed by atoms with Gasteiger partial charge in [0.1, 0.15) is 27.6 Å². The lowest BCUT2D eigenvalue weighted by Crippen LogP contribution is -2.22. The van der Waals surface area contributed by atoms with Crippen LogP contribution in [0.5, 0.6) is 0 Å². The van der Waals surface area contributed by atoms with Gasteiger partial charge in [-0.05, 0) is 30.4 Å². The number of anilines is 1. The van der Waals surface area contributed by atoms with Gasteiger partial charge in [0.15, 0.2) is 0 Å². The Kier molecular flexibility index (Phi) is 5.80. The molecule has 0 radical (unpaired) electrons. The van der Waals surface area contributed by atoms with E-state index in [1.54, 1.807) is 0 Å². The molecule has 0 saturated carbocycles. The van der Waals surface area contributed by atoms with E-state index in [9.17, 15) is 38.6 Å². The largest absolute Gasteiger partial charge is 0.468 e. The molecule has 3 aromatic heterocycles. The fourth-order valence-corrected chi connectivity index (χ4v) is 4.10. The minimum Gasteiger partial charge on any atom is -0.365 e. The molecule has 32 heavy (non-hydrogen) atoms. The van der Waals surface area contributed by atoms with Crippen LogP contribution in [0, 0.1) is 34.1 Å². The van der Waals surface area contributed by atoms with E-state index >= 15 is 0 Å². The van der Waals surface area contributed by atoms with Crippen LogP contribution in [0.3, 0.4) is 0 Å². The standard InChI is InChI=1S/C16H13F2N7O6S/c1-5-3-7(13(17)18)20-16-9(5)10(12(32-16)14(19)27)21-8(26)4-23-6(2)11(24(28)29)15(22-23)25(30)31/h3,13H,4H2,1-2H3,(H2,19,27)(H,21,26). The molecule has 3 aromatic rings. The van der Waals surface area contributed by atoms with Crippen molar-refractivity contribution in [1.29, 1.82) is 0 Å². The average molecular weight is 469 g/mol. The van der Waals surface area contributed by atoms with Gasteiger partial charge in [-0.15, -0.1) is 11.3 Å². The van der Waals surface area contributed by atoms with Crippen LogP contribution in [0.15, 0.2) is 6.07 Å². The number of carbonyl (C=O) groups excluding carboxylic acids is 2. The van der Waals surface area contributed by atoms with Crippen molar-refractivity contribution in [3.63, 3.8) is 0 Å². The Labute approximate surface area is 180 Å². The number of aryl methyl sites for hydroxylation is 1. The SMILES string of the molecule is Cc1cc(C(F)F)nc2sc(C(N)=O)c(NC(=O)Cn3nc([N+](=O)[O-])c([N+](=O)[O-])c3C)c12. The summed E-state index contributed by atoms with van der Waals surface area (Å²) in [6.07, 6.45) is -2.86. The number of amides is 2. The maximum atomic E-state index is 13.1. The van der Waals surface area contributed by atoms with E-state index in [4.69, 9.17) is 5.73 Å². The summed E-state index contributed by atoms with van der Waals surface area (Å²) in [4.78, 5) is 48.3. The minimum atomic E-state index is -2.86. The first kappa shape index (κ1) is 22.6. The molecule has 0 fully saturated rings. The number of thiophene rings is 1. The zero-order chi connectivity index (χ0) is 23.9. The molecule has 2 amide bonds. The highest BCUT2D eigenvalue weighted by Crippen LogP contribution is 2.38. The zero-order valence-electron chi connectivity index (χ0n) is 16.3. The number of hydrogen-bond donors (Lipinski definition) is 2. The highest BCUT2D eigenvalue weighted by molar-refractivity contribution is 7.21. The third kappa shape index (κ3) is 3.94. The Balaban J connectivity index is 2.01. The summed E-state index contributed by atoms with van der Waals surface area (Å²) >= 11 is 0.709. The van der Waals surface area contributed by atoms with Gasteiger partial charge in [0.05, 0.1) is 15.7 Å². The Morgan fingerprint density at radius 3 is 2.44 bits per heavy atom. The predicted octanol–water partition coefficient (Wildman–Crippen LogP) is 2.60. The zero-order valence-corrected chi connectivity index (χ0v) is 17.1. The number of nitrogens with one attached hydrogen (secondary N) is 1. The van der Waals surface area contributed by atoms with Crippen molar-refractivity contribution in [3.05, 3.63) is 48.1 Å². The Bertz CT molecular complexity index is 1300. The molecule has 0 aliphatic rings. The van der Waals surface area contributed by atoms with E-state index in [1.165, 1.54) is 13.8 Å². The number of nitrogens with zero attached hydrogens (tertiary/aromatic N) is 5. The Hall–Kier alpha value is -4.08. The predicted molar refractivity (Wildman–Crippen MR) is 107 cm³/mol. The van der Waals surface area contributed by atoms with E-state index in [0.717, 1.165) is 10.7 Å². The molecule has 3 rings (SSSR count). The topological polar surface area (TPSA) is 189 Å². The number of fused-ring (bicyclic) bond motifs is 1. The number of pyridine rings is 1. The summed E-state index contributed by atoms with van der Waals surface area (Å²) in [5.41, 5.74) is 3.96. The van der Waals surface area contributed by atoms with Crippen molar-refractivity contribution in [3.8, 4) is 0 Å². The number of primary amides is 1. The van der Waals surface area contributed by atoms with E-state index in [1.807, 2.05) is 0 Å². The molecular weight excluding hydrogens is 456 g/mol. The molecule has 0 saturated heterocycles. The van der Waals surface area contributed by atoms with Crippen LogP contribution in [-0.2, 0) is 11.3 Å². The lowest BCUT2D eigenvalue weighted by Gasteiger charge is -2.08. The number of aromatic nitrogens is 3. The second-order valence-corrected chi connectivity index (χ2v) is 7.49. The lowest BCUT2D eigenvalue weighted by atomic mass is 10.1. The van der Waals surface area contributed by atoms with Crippen molar-refractivity contribution in [2.24, 2.45) is 5.73 Å². The molecule has 16 heteroatoms.